The zero-order valence-corrected chi connectivity index (χ0v) is 13.1. The van der Waals surface area contributed by atoms with Gasteiger partial charge in [0.05, 0.1) is 26.2 Å². The molecule has 2 rings (SSSR count). The normalized spacial score (nSPS) is 23.1. The van der Waals surface area contributed by atoms with Crippen LogP contribution in [0, 0.1) is 17.2 Å². The number of hydrogen-bond acceptors (Lipinski definition) is 4. The van der Waals surface area contributed by atoms with Crippen molar-refractivity contribution in [3.63, 3.8) is 0 Å². The molecule has 0 amide bonds. The average Bonchev–Trinajstić information content (AvgIpc) is 2.54. The maximum absolute atomic E-state index is 9.27. The molecule has 4 heteroatoms. The fourth-order valence-electron chi connectivity index (χ4n) is 3.02. The molecule has 0 saturated heterocycles. The quantitative estimate of drug-likeness (QED) is 0.901. The Morgan fingerprint density at radius 3 is 2.57 bits per heavy atom. The van der Waals surface area contributed by atoms with Crippen molar-refractivity contribution in [2.24, 2.45) is 5.92 Å². The minimum absolute atomic E-state index is 0.126. The van der Waals surface area contributed by atoms with Gasteiger partial charge in [0, 0.05) is 12.1 Å². The molecular weight excluding hydrogens is 264 g/mol. The van der Waals surface area contributed by atoms with Crippen LogP contribution in [-0.4, -0.2) is 20.3 Å². The summed E-state index contributed by atoms with van der Waals surface area (Å²) in [6, 6.07) is 8.88. The van der Waals surface area contributed by atoms with Gasteiger partial charge in [-0.3, -0.25) is 0 Å². The Balaban J connectivity index is 2.09. The molecule has 0 aliphatic heterocycles. The lowest BCUT2D eigenvalue weighted by Gasteiger charge is -2.30. The summed E-state index contributed by atoms with van der Waals surface area (Å²) in [5.41, 5.74) is 1.15. The molecule has 1 aromatic carbocycles. The molecule has 1 aliphatic rings. The fraction of sp³-hybridized carbons (Fsp3) is 0.588. The first-order valence-electron chi connectivity index (χ1n) is 7.57. The van der Waals surface area contributed by atoms with E-state index in [0.29, 0.717) is 0 Å². The molecule has 114 valence electrons. The van der Waals surface area contributed by atoms with E-state index in [4.69, 9.17) is 9.47 Å². The van der Waals surface area contributed by atoms with Gasteiger partial charge in [0.25, 0.3) is 0 Å². The summed E-state index contributed by atoms with van der Waals surface area (Å²) in [4.78, 5) is 0. The van der Waals surface area contributed by atoms with E-state index in [9.17, 15) is 5.26 Å². The van der Waals surface area contributed by atoms with Crippen molar-refractivity contribution in [1.29, 1.82) is 5.26 Å². The van der Waals surface area contributed by atoms with Gasteiger partial charge in [-0.2, -0.15) is 5.26 Å². The van der Waals surface area contributed by atoms with Gasteiger partial charge in [-0.05, 0) is 37.5 Å². The molecule has 1 aromatic rings. The Hall–Kier alpha value is -1.73. The number of benzene rings is 1. The Bertz CT molecular complexity index is 510. The Morgan fingerprint density at radius 1 is 1.19 bits per heavy atom. The van der Waals surface area contributed by atoms with Crippen LogP contribution in [0.2, 0.25) is 0 Å². The molecule has 3 unspecified atom stereocenters. The number of nitrogens with zero attached hydrogens (tertiary/aromatic N) is 1. The van der Waals surface area contributed by atoms with E-state index in [1.807, 2.05) is 18.2 Å². The molecule has 0 radical (unpaired) electrons. The van der Waals surface area contributed by atoms with Gasteiger partial charge in [-0.25, -0.2) is 0 Å². The first-order valence-corrected chi connectivity index (χ1v) is 7.57. The summed E-state index contributed by atoms with van der Waals surface area (Å²) >= 11 is 0. The third-order valence-corrected chi connectivity index (χ3v) is 4.30. The molecule has 4 nitrogen and oxygen atoms in total. The topological polar surface area (TPSA) is 54.3 Å². The molecule has 0 heterocycles. The molecule has 0 aromatic heterocycles. The van der Waals surface area contributed by atoms with Crippen molar-refractivity contribution in [2.45, 2.75) is 44.7 Å². The first kappa shape index (κ1) is 15.7. The van der Waals surface area contributed by atoms with Crippen LogP contribution in [0.25, 0.3) is 0 Å². The van der Waals surface area contributed by atoms with Crippen LogP contribution in [0.3, 0.4) is 0 Å². The lowest BCUT2D eigenvalue weighted by molar-refractivity contribution is 0.292. The predicted octanol–water partition coefficient (Wildman–Crippen LogP) is 3.44. The predicted molar refractivity (Wildman–Crippen MR) is 82.5 cm³/mol. The van der Waals surface area contributed by atoms with E-state index in [-0.39, 0.29) is 18.0 Å². The van der Waals surface area contributed by atoms with Gasteiger partial charge in [0.15, 0.2) is 11.5 Å². The second kappa shape index (κ2) is 7.33. The minimum atomic E-state index is 0.126. The summed E-state index contributed by atoms with van der Waals surface area (Å²) in [6.45, 7) is 2.13. The number of methoxy groups -OCH3 is 2. The summed E-state index contributed by atoms with van der Waals surface area (Å²) in [6.07, 6.45) is 4.46. The smallest absolute Gasteiger partial charge is 0.161 e. The molecule has 1 aliphatic carbocycles. The number of ether oxygens (including phenoxy) is 2. The molecule has 0 spiro atoms. The van der Waals surface area contributed by atoms with E-state index in [0.717, 1.165) is 29.9 Å². The van der Waals surface area contributed by atoms with Gasteiger partial charge in [-0.1, -0.05) is 18.9 Å². The Labute approximate surface area is 127 Å². The van der Waals surface area contributed by atoms with Crippen LogP contribution in [-0.2, 0) is 0 Å². The largest absolute Gasteiger partial charge is 0.493 e. The summed E-state index contributed by atoms with van der Waals surface area (Å²) in [5, 5.41) is 12.9. The molecule has 1 fully saturated rings. The second-order valence-electron chi connectivity index (χ2n) is 5.63. The highest BCUT2D eigenvalue weighted by Gasteiger charge is 2.26. The van der Waals surface area contributed by atoms with Gasteiger partial charge in [-0.15, -0.1) is 0 Å². The molecule has 21 heavy (non-hydrogen) atoms. The van der Waals surface area contributed by atoms with E-state index >= 15 is 0 Å². The van der Waals surface area contributed by atoms with Crippen molar-refractivity contribution >= 4 is 0 Å². The van der Waals surface area contributed by atoms with Crippen molar-refractivity contribution in [3.05, 3.63) is 23.8 Å². The lowest BCUT2D eigenvalue weighted by atomic mass is 9.85. The Kier molecular flexibility index (Phi) is 5.46. The zero-order chi connectivity index (χ0) is 15.2. The maximum Gasteiger partial charge on any atom is 0.161 e. The highest BCUT2D eigenvalue weighted by atomic mass is 16.5. The summed E-state index contributed by atoms with van der Waals surface area (Å²) in [7, 11) is 3.28. The van der Waals surface area contributed by atoms with Crippen LogP contribution >= 0.6 is 0 Å². The van der Waals surface area contributed by atoms with Gasteiger partial charge < -0.3 is 14.8 Å². The number of rotatable bonds is 5. The average molecular weight is 288 g/mol. The lowest BCUT2D eigenvalue weighted by Crippen LogP contribution is -2.39. The van der Waals surface area contributed by atoms with Crippen molar-refractivity contribution in [2.75, 3.05) is 14.2 Å². The third kappa shape index (κ3) is 3.68. The van der Waals surface area contributed by atoms with Crippen LogP contribution in [0.4, 0.5) is 0 Å². The highest BCUT2D eigenvalue weighted by Crippen LogP contribution is 2.31. The Morgan fingerprint density at radius 2 is 1.90 bits per heavy atom. The molecule has 3 atom stereocenters. The van der Waals surface area contributed by atoms with Crippen LogP contribution in [0.5, 0.6) is 11.5 Å². The monoisotopic (exact) mass is 288 g/mol. The van der Waals surface area contributed by atoms with E-state index < -0.39 is 0 Å². The first-order chi connectivity index (χ1) is 10.2. The molecule has 0 bridgehead atoms. The fourth-order valence-corrected chi connectivity index (χ4v) is 3.02. The second-order valence-corrected chi connectivity index (χ2v) is 5.63. The van der Waals surface area contributed by atoms with Gasteiger partial charge in [0.1, 0.15) is 0 Å². The van der Waals surface area contributed by atoms with Crippen molar-refractivity contribution in [1.82, 2.24) is 5.32 Å². The van der Waals surface area contributed by atoms with Gasteiger partial charge in [0.2, 0.25) is 0 Å². The SMILES string of the molecule is COc1ccc(C(C)NC2CCCCC2C#N)cc1OC. The molecular formula is C17H24N2O2. The summed E-state index contributed by atoms with van der Waals surface area (Å²) in [5.74, 6) is 1.60. The van der Waals surface area contributed by atoms with E-state index in [2.05, 4.69) is 18.3 Å². The number of hydrogen-bond donors (Lipinski definition) is 1. The third-order valence-electron chi connectivity index (χ3n) is 4.30. The van der Waals surface area contributed by atoms with E-state index in [1.54, 1.807) is 14.2 Å². The van der Waals surface area contributed by atoms with Crippen LogP contribution in [0.1, 0.15) is 44.2 Å². The zero-order valence-electron chi connectivity index (χ0n) is 13.1. The standard InChI is InChI=1S/C17H24N2O2/c1-12(19-15-7-5-4-6-14(15)11-18)13-8-9-16(20-2)17(10-13)21-3/h8-10,12,14-15,19H,4-7H2,1-3H3. The van der Waals surface area contributed by atoms with Crippen LogP contribution < -0.4 is 14.8 Å². The summed E-state index contributed by atoms with van der Waals surface area (Å²) < 4.78 is 10.6. The molecule has 1 N–H and O–H groups in total. The minimum Gasteiger partial charge on any atom is -0.493 e. The van der Waals surface area contributed by atoms with Crippen LogP contribution in [0.15, 0.2) is 18.2 Å². The van der Waals surface area contributed by atoms with E-state index in [1.165, 1.54) is 12.8 Å². The van der Waals surface area contributed by atoms with Crippen molar-refractivity contribution in [3.8, 4) is 17.6 Å². The maximum atomic E-state index is 9.27. The number of nitriles is 1. The van der Waals surface area contributed by atoms with Gasteiger partial charge >= 0.3 is 0 Å². The highest BCUT2D eigenvalue weighted by molar-refractivity contribution is 5.43. The number of nitrogens with one attached hydrogen (secondary N) is 1. The van der Waals surface area contributed by atoms with Crippen molar-refractivity contribution < 1.29 is 9.47 Å². The molecule has 1 saturated carbocycles.